The van der Waals surface area contributed by atoms with E-state index in [-0.39, 0.29) is 34.8 Å². The lowest BCUT2D eigenvalue weighted by atomic mass is 10.2. The first-order valence-electron chi connectivity index (χ1n) is 11.2. The van der Waals surface area contributed by atoms with Crippen molar-refractivity contribution in [2.24, 2.45) is 0 Å². The number of thioether (sulfide) groups is 1. The van der Waals surface area contributed by atoms with E-state index in [0.29, 0.717) is 35.6 Å². The van der Waals surface area contributed by atoms with E-state index < -0.39 is 17.0 Å². The summed E-state index contributed by atoms with van der Waals surface area (Å²) in [7, 11) is 0. The highest BCUT2D eigenvalue weighted by Gasteiger charge is 2.30. The van der Waals surface area contributed by atoms with Gasteiger partial charge in [0.1, 0.15) is 11.4 Å². The Morgan fingerprint density at radius 3 is 2.71 bits per heavy atom. The second kappa shape index (κ2) is 9.98. The van der Waals surface area contributed by atoms with Crippen molar-refractivity contribution in [1.82, 2.24) is 19.1 Å². The van der Waals surface area contributed by atoms with E-state index in [0.717, 1.165) is 24.6 Å². The molecule has 3 N–H and O–H groups in total. The van der Waals surface area contributed by atoms with Gasteiger partial charge in [-0.1, -0.05) is 23.9 Å². The van der Waals surface area contributed by atoms with Crippen LogP contribution in [0.2, 0.25) is 0 Å². The molecule has 3 aromatic rings. The molecule has 0 atom stereocenters. The van der Waals surface area contributed by atoms with Crippen LogP contribution in [-0.4, -0.2) is 43.3 Å². The Morgan fingerprint density at radius 2 is 2.00 bits per heavy atom. The molecule has 180 valence electrons. The number of ether oxygens (including phenoxy) is 1. The number of Topliss-reactive ketones (excluding diaryl/α,β-unsaturated/α-hetero) is 1. The number of carbonyl (C=O) groups is 1. The van der Waals surface area contributed by atoms with Crippen LogP contribution in [0, 0.1) is 0 Å². The van der Waals surface area contributed by atoms with Crippen LogP contribution in [0.1, 0.15) is 49.5 Å². The fourth-order valence-corrected chi connectivity index (χ4v) is 4.63. The van der Waals surface area contributed by atoms with Crippen molar-refractivity contribution in [2.45, 2.75) is 57.0 Å². The smallest absolute Gasteiger partial charge is 0.330 e. The number of nitrogen functional groups attached to an aromatic ring is 1. The van der Waals surface area contributed by atoms with Gasteiger partial charge in [-0.2, -0.15) is 0 Å². The van der Waals surface area contributed by atoms with Gasteiger partial charge in [0.05, 0.1) is 22.8 Å². The SMILES string of the molecule is CC(C)OCCCn1c(SCC(=O)c2c(N)n(C3CC3)c(=O)[nH]c2=O)nc2ccccc2c1=O. The van der Waals surface area contributed by atoms with Crippen molar-refractivity contribution in [1.29, 1.82) is 0 Å². The Hall–Kier alpha value is -3.18. The number of rotatable bonds is 10. The summed E-state index contributed by atoms with van der Waals surface area (Å²) in [5.74, 6) is -0.810. The summed E-state index contributed by atoms with van der Waals surface area (Å²) in [6, 6.07) is 6.92. The second-order valence-electron chi connectivity index (χ2n) is 8.47. The molecule has 0 spiro atoms. The van der Waals surface area contributed by atoms with E-state index in [4.69, 9.17) is 10.5 Å². The lowest BCUT2D eigenvalue weighted by molar-refractivity contribution is 0.0743. The van der Waals surface area contributed by atoms with Gasteiger partial charge in [-0.05, 0) is 45.2 Å². The van der Waals surface area contributed by atoms with Gasteiger partial charge in [0, 0.05) is 19.2 Å². The molecule has 0 amide bonds. The zero-order chi connectivity index (χ0) is 24.4. The van der Waals surface area contributed by atoms with E-state index in [9.17, 15) is 19.2 Å². The van der Waals surface area contributed by atoms with Crippen molar-refractivity contribution in [2.75, 3.05) is 18.1 Å². The number of aromatic amines is 1. The van der Waals surface area contributed by atoms with Gasteiger partial charge >= 0.3 is 5.69 Å². The molecule has 0 bridgehead atoms. The first kappa shape index (κ1) is 24.0. The largest absolute Gasteiger partial charge is 0.384 e. The Kier molecular flexibility index (Phi) is 7.03. The predicted octanol–water partition coefficient (Wildman–Crippen LogP) is 1.95. The van der Waals surface area contributed by atoms with Gasteiger partial charge in [0.25, 0.3) is 11.1 Å². The monoisotopic (exact) mass is 485 g/mol. The van der Waals surface area contributed by atoms with E-state index in [2.05, 4.69) is 9.97 Å². The van der Waals surface area contributed by atoms with Crippen LogP contribution in [0.15, 0.2) is 43.8 Å². The normalized spacial score (nSPS) is 13.6. The molecule has 34 heavy (non-hydrogen) atoms. The maximum Gasteiger partial charge on any atom is 0.330 e. The number of benzene rings is 1. The van der Waals surface area contributed by atoms with Crippen molar-refractivity contribution < 1.29 is 9.53 Å². The number of nitrogens with two attached hydrogens (primary N) is 1. The maximum absolute atomic E-state index is 13.1. The van der Waals surface area contributed by atoms with Crippen LogP contribution in [0.25, 0.3) is 10.9 Å². The number of aromatic nitrogens is 4. The Bertz CT molecular complexity index is 1400. The van der Waals surface area contributed by atoms with Gasteiger partial charge in [-0.3, -0.25) is 28.5 Å². The Morgan fingerprint density at radius 1 is 1.26 bits per heavy atom. The average Bonchev–Trinajstić information content (AvgIpc) is 3.61. The minimum absolute atomic E-state index is 0.0837. The van der Waals surface area contributed by atoms with E-state index in [1.165, 1.54) is 9.13 Å². The first-order valence-corrected chi connectivity index (χ1v) is 12.2. The molecule has 0 aliphatic heterocycles. The number of H-pyrrole nitrogens is 1. The molecule has 2 aromatic heterocycles. The van der Waals surface area contributed by atoms with Crippen LogP contribution >= 0.6 is 11.8 Å². The lowest BCUT2D eigenvalue weighted by Gasteiger charge is -2.14. The fraction of sp³-hybridized carbons (Fsp3) is 0.435. The third kappa shape index (κ3) is 5.00. The molecular weight excluding hydrogens is 458 g/mol. The molecule has 1 saturated carbocycles. The summed E-state index contributed by atoms with van der Waals surface area (Å²) in [5.41, 5.74) is 4.73. The van der Waals surface area contributed by atoms with Crippen molar-refractivity contribution in [3.63, 3.8) is 0 Å². The topological polar surface area (TPSA) is 142 Å². The number of carbonyl (C=O) groups excluding carboxylic acids is 1. The minimum atomic E-state index is -0.806. The molecule has 4 rings (SSSR count). The summed E-state index contributed by atoms with van der Waals surface area (Å²) in [4.78, 5) is 57.4. The number of nitrogens with one attached hydrogen (secondary N) is 1. The molecule has 11 heteroatoms. The van der Waals surface area contributed by atoms with Crippen molar-refractivity contribution >= 4 is 34.3 Å². The van der Waals surface area contributed by atoms with Gasteiger partial charge in [0.15, 0.2) is 10.9 Å². The van der Waals surface area contributed by atoms with Gasteiger partial charge in [-0.25, -0.2) is 9.78 Å². The highest BCUT2D eigenvalue weighted by molar-refractivity contribution is 7.99. The van der Waals surface area contributed by atoms with Crippen LogP contribution in [0.5, 0.6) is 0 Å². The molecule has 1 aliphatic carbocycles. The number of hydrogen-bond donors (Lipinski definition) is 2. The third-order valence-electron chi connectivity index (χ3n) is 5.51. The molecule has 10 nitrogen and oxygen atoms in total. The van der Waals surface area contributed by atoms with Gasteiger partial charge < -0.3 is 10.5 Å². The quantitative estimate of drug-likeness (QED) is 0.192. The number of hydrogen-bond acceptors (Lipinski definition) is 8. The molecular formula is C23H27N5O5S. The van der Waals surface area contributed by atoms with E-state index in [1.54, 1.807) is 24.3 Å². The van der Waals surface area contributed by atoms with Crippen LogP contribution in [0.4, 0.5) is 5.82 Å². The van der Waals surface area contributed by atoms with Crippen molar-refractivity contribution in [3.8, 4) is 0 Å². The highest BCUT2D eigenvalue weighted by Crippen LogP contribution is 2.35. The fourth-order valence-electron chi connectivity index (χ4n) is 3.73. The first-order chi connectivity index (χ1) is 16.3. The highest BCUT2D eigenvalue weighted by atomic mass is 32.2. The maximum atomic E-state index is 13.1. The van der Waals surface area contributed by atoms with Gasteiger partial charge in [0.2, 0.25) is 0 Å². The van der Waals surface area contributed by atoms with E-state index >= 15 is 0 Å². The molecule has 1 aromatic carbocycles. The minimum Gasteiger partial charge on any atom is -0.384 e. The average molecular weight is 486 g/mol. The van der Waals surface area contributed by atoms with Gasteiger partial charge in [-0.15, -0.1) is 0 Å². The summed E-state index contributed by atoms with van der Waals surface area (Å²) in [5, 5.41) is 0.854. The Balaban J connectivity index is 1.62. The summed E-state index contributed by atoms with van der Waals surface area (Å²) < 4.78 is 8.39. The molecule has 1 aliphatic rings. The molecule has 0 unspecified atom stereocenters. The summed E-state index contributed by atoms with van der Waals surface area (Å²) in [6.07, 6.45) is 2.22. The molecule has 0 saturated heterocycles. The predicted molar refractivity (Wildman–Crippen MR) is 131 cm³/mol. The zero-order valence-electron chi connectivity index (χ0n) is 19.1. The van der Waals surface area contributed by atoms with Crippen LogP contribution in [-0.2, 0) is 11.3 Å². The number of para-hydroxylation sites is 1. The number of ketones is 1. The molecule has 0 radical (unpaired) electrons. The van der Waals surface area contributed by atoms with E-state index in [1.807, 2.05) is 13.8 Å². The lowest BCUT2D eigenvalue weighted by Crippen LogP contribution is -2.36. The zero-order valence-corrected chi connectivity index (χ0v) is 19.9. The Labute approximate surface area is 199 Å². The summed E-state index contributed by atoms with van der Waals surface area (Å²) in [6.45, 7) is 4.73. The van der Waals surface area contributed by atoms with Crippen LogP contribution in [0.3, 0.4) is 0 Å². The number of anilines is 1. The summed E-state index contributed by atoms with van der Waals surface area (Å²) >= 11 is 1.06. The standard InChI is InChI=1S/C23H27N5O5S/c1-13(2)33-11-5-10-27-21(31)15-6-3-4-7-16(15)25-23(27)34-12-17(29)18-19(24)28(14-8-9-14)22(32)26-20(18)30/h3-4,6-7,13-14H,5,8-12,24H2,1-2H3,(H,26,30,32). The second-order valence-corrected chi connectivity index (χ2v) is 9.42. The molecule has 1 fully saturated rings. The van der Waals surface area contributed by atoms with Crippen molar-refractivity contribution in [3.05, 3.63) is 61.0 Å². The number of fused-ring (bicyclic) bond motifs is 1. The van der Waals surface area contributed by atoms with Crippen LogP contribution < -0.4 is 22.5 Å². The number of nitrogens with zero attached hydrogens (tertiary/aromatic N) is 3. The molecule has 2 heterocycles. The third-order valence-corrected chi connectivity index (χ3v) is 6.49.